The minimum absolute atomic E-state index is 0.250. The van der Waals surface area contributed by atoms with Gasteiger partial charge in [-0.15, -0.1) is 5.10 Å². The van der Waals surface area contributed by atoms with Crippen LogP contribution in [0, 0.1) is 5.82 Å². The maximum Gasteiger partial charge on any atom is 0.416 e. The molecule has 0 aliphatic carbocycles. The zero-order valence-electron chi connectivity index (χ0n) is 9.82. The first-order chi connectivity index (χ1) is 8.80. The van der Waals surface area contributed by atoms with Crippen LogP contribution in [0.2, 0.25) is 0 Å². The molecule has 19 heavy (non-hydrogen) atoms. The van der Waals surface area contributed by atoms with Gasteiger partial charge in [-0.05, 0) is 18.2 Å². The summed E-state index contributed by atoms with van der Waals surface area (Å²) in [5.41, 5.74) is 4.88. The van der Waals surface area contributed by atoms with Crippen LogP contribution in [-0.2, 0) is 13.2 Å². The summed E-state index contributed by atoms with van der Waals surface area (Å²) in [4.78, 5) is 0. The Balaban J connectivity index is 2.47. The topological polar surface area (TPSA) is 56.7 Å². The summed E-state index contributed by atoms with van der Waals surface area (Å²) in [5.74, 6) is -0.804. The van der Waals surface area contributed by atoms with Gasteiger partial charge in [-0.25, -0.2) is 4.39 Å². The number of rotatable bonds is 2. The van der Waals surface area contributed by atoms with Crippen LogP contribution in [0.1, 0.15) is 22.9 Å². The molecule has 0 saturated heterocycles. The van der Waals surface area contributed by atoms with Gasteiger partial charge in [0.25, 0.3) is 0 Å². The lowest BCUT2D eigenvalue weighted by Crippen LogP contribution is -2.18. The average molecular weight is 274 g/mol. The molecule has 4 nitrogen and oxygen atoms in total. The van der Waals surface area contributed by atoms with Crippen LogP contribution in [0.15, 0.2) is 24.4 Å². The summed E-state index contributed by atoms with van der Waals surface area (Å²) in [6, 6.07) is 1.06. The predicted octanol–water partition coefficient (Wildman–Crippen LogP) is 2.02. The van der Waals surface area contributed by atoms with Crippen LogP contribution in [-0.4, -0.2) is 15.0 Å². The summed E-state index contributed by atoms with van der Waals surface area (Å²) in [5, 5.41) is 7.16. The number of hydrogen-bond donors (Lipinski definition) is 1. The standard InChI is InChI=1S/C11H10F4N4/c1-19-9(5-17-18-19)10(16)7-4-6(11(13,14)15)2-3-8(7)12/h2-5,10H,16H2,1H3. The second-order valence-electron chi connectivity index (χ2n) is 3.99. The fourth-order valence-electron chi connectivity index (χ4n) is 1.70. The Kier molecular flexibility index (Phi) is 3.27. The smallest absolute Gasteiger partial charge is 0.319 e. The van der Waals surface area contributed by atoms with Gasteiger partial charge in [-0.2, -0.15) is 13.2 Å². The molecule has 0 aliphatic heterocycles. The van der Waals surface area contributed by atoms with E-state index in [0.717, 1.165) is 6.07 Å². The van der Waals surface area contributed by atoms with Gasteiger partial charge in [-0.3, -0.25) is 4.68 Å². The van der Waals surface area contributed by atoms with Gasteiger partial charge < -0.3 is 5.73 Å². The molecule has 1 heterocycles. The van der Waals surface area contributed by atoms with Crippen molar-refractivity contribution in [3.63, 3.8) is 0 Å². The summed E-state index contributed by atoms with van der Waals surface area (Å²) < 4.78 is 52.7. The van der Waals surface area contributed by atoms with Crippen molar-refractivity contribution in [2.45, 2.75) is 12.2 Å². The lowest BCUT2D eigenvalue weighted by atomic mass is 10.0. The highest BCUT2D eigenvalue weighted by Crippen LogP contribution is 2.32. The number of halogens is 4. The monoisotopic (exact) mass is 274 g/mol. The molecular weight excluding hydrogens is 264 g/mol. The van der Waals surface area contributed by atoms with Gasteiger partial charge in [-0.1, -0.05) is 5.21 Å². The number of hydrogen-bond acceptors (Lipinski definition) is 3. The van der Waals surface area contributed by atoms with Crippen molar-refractivity contribution in [3.8, 4) is 0 Å². The molecule has 2 aromatic rings. The Morgan fingerprint density at radius 3 is 2.53 bits per heavy atom. The van der Waals surface area contributed by atoms with Gasteiger partial charge in [0.2, 0.25) is 0 Å². The van der Waals surface area contributed by atoms with E-state index >= 15 is 0 Å². The van der Waals surface area contributed by atoms with Crippen molar-refractivity contribution >= 4 is 0 Å². The van der Waals surface area contributed by atoms with Gasteiger partial charge in [0, 0.05) is 12.6 Å². The van der Waals surface area contributed by atoms with Crippen molar-refractivity contribution in [2.75, 3.05) is 0 Å². The highest BCUT2D eigenvalue weighted by atomic mass is 19.4. The largest absolute Gasteiger partial charge is 0.416 e. The molecule has 8 heteroatoms. The van der Waals surface area contributed by atoms with E-state index in [-0.39, 0.29) is 5.56 Å². The molecule has 0 radical (unpaired) electrons. The summed E-state index contributed by atoms with van der Waals surface area (Å²) in [6.07, 6.45) is -3.27. The van der Waals surface area contributed by atoms with Gasteiger partial charge in [0.05, 0.1) is 23.5 Å². The fraction of sp³-hybridized carbons (Fsp3) is 0.273. The number of nitrogens with two attached hydrogens (primary N) is 1. The normalized spacial score (nSPS) is 13.6. The zero-order chi connectivity index (χ0) is 14.2. The predicted molar refractivity (Wildman–Crippen MR) is 58.4 cm³/mol. The molecule has 0 amide bonds. The van der Waals surface area contributed by atoms with E-state index < -0.39 is 23.6 Å². The van der Waals surface area contributed by atoms with Crippen molar-refractivity contribution in [1.29, 1.82) is 0 Å². The second kappa shape index (κ2) is 4.61. The maximum atomic E-state index is 13.6. The quantitative estimate of drug-likeness (QED) is 0.852. The Labute approximate surface area is 105 Å². The molecule has 0 saturated carbocycles. The van der Waals surface area contributed by atoms with E-state index in [1.54, 1.807) is 0 Å². The third kappa shape index (κ3) is 2.58. The summed E-state index contributed by atoms with van der Waals surface area (Å²) in [7, 11) is 1.52. The molecule has 2 rings (SSSR count). The maximum absolute atomic E-state index is 13.6. The molecular formula is C11H10F4N4. The van der Waals surface area contributed by atoms with Gasteiger partial charge in [0.15, 0.2) is 0 Å². The molecule has 1 aromatic heterocycles. The van der Waals surface area contributed by atoms with Crippen molar-refractivity contribution in [1.82, 2.24) is 15.0 Å². The number of alkyl halides is 3. The van der Waals surface area contributed by atoms with Crippen LogP contribution < -0.4 is 5.73 Å². The molecule has 0 bridgehead atoms. The van der Waals surface area contributed by atoms with Crippen LogP contribution in [0.4, 0.5) is 17.6 Å². The third-order valence-electron chi connectivity index (χ3n) is 2.73. The van der Waals surface area contributed by atoms with Crippen LogP contribution in [0.25, 0.3) is 0 Å². The van der Waals surface area contributed by atoms with E-state index in [9.17, 15) is 17.6 Å². The first kappa shape index (κ1) is 13.5. The Hall–Kier alpha value is -1.96. The lowest BCUT2D eigenvalue weighted by molar-refractivity contribution is -0.137. The van der Waals surface area contributed by atoms with Crippen molar-refractivity contribution < 1.29 is 17.6 Å². The fourth-order valence-corrected chi connectivity index (χ4v) is 1.70. The highest BCUT2D eigenvalue weighted by molar-refractivity contribution is 5.33. The second-order valence-corrected chi connectivity index (χ2v) is 3.99. The van der Waals surface area contributed by atoms with Gasteiger partial charge >= 0.3 is 6.18 Å². The Bertz CT molecular complexity index is 591. The van der Waals surface area contributed by atoms with E-state index in [1.807, 2.05) is 0 Å². The van der Waals surface area contributed by atoms with Crippen LogP contribution >= 0.6 is 0 Å². The van der Waals surface area contributed by atoms with Crippen molar-refractivity contribution in [2.24, 2.45) is 12.8 Å². The summed E-state index contributed by atoms with van der Waals surface area (Å²) in [6.45, 7) is 0. The molecule has 102 valence electrons. The Morgan fingerprint density at radius 2 is 2.00 bits per heavy atom. The van der Waals surface area contributed by atoms with Gasteiger partial charge in [0.1, 0.15) is 5.82 Å². The molecule has 1 unspecified atom stereocenters. The molecule has 0 aliphatic rings. The van der Waals surface area contributed by atoms with Crippen molar-refractivity contribution in [3.05, 3.63) is 47.0 Å². The van der Waals surface area contributed by atoms with Crippen LogP contribution in [0.3, 0.4) is 0 Å². The first-order valence-corrected chi connectivity index (χ1v) is 5.27. The van der Waals surface area contributed by atoms with E-state index in [0.29, 0.717) is 17.8 Å². The minimum atomic E-state index is -4.55. The molecule has 0 spiro atoms. The molecule has 1 atom stereocenters. The number of nitrogens with zero attached hydrogens (tertiary/aromatic N) is 3. The number of aryl methyl sites for hydroxylation is 1. The SMILES string of the molecule is Cn1nncc1C(N)c1cc(C(F)(F)F)ccc1F. The van der Waals surface area contributed by atoms with Crippen LogP contribution in [0.5, 0.6) is 0 Å². The molecule has 0 fully saturated rings. The minimum Gasteiger partial charge on any atom is -0.319 e. The number of aromatic nitrogens is 3. The Morgan fingerprint density at radius 1 is 1.32 bits per heavy atom. The average Bonchev–Trinajstić information content (AvgIpc) is 2.73. The lowest BCUT2D eigenvalue weighted by Gasteiger charge is -2.15. The summed E-state index contributed by atoms with van der Waals surface area (Å²) >= 11 is 0. The van der Waals surface area contributed by atoms with E-state index in [2.05, 4.69) is 10.3 Å². The molecule has 2 N–H and O–H groups in total. The first-order valence-electron chi connectivity index (χ1n) is 5.27. The van der Waals surface area contributed by atoms with E-state index in [1.165, 1.54) is 17.9 Å². The highest BCUT2D eigenvalue weighted by Gasteiger charge is 2.32. The zero-order valence-corrected chi connectivity index (χ0v) is 9.82. The third-order valence-corrected chi connectivity index (χ3v) is 2.73. The van der Waals surface area contributed by atoms with E-state index in [4.69, 9.17) is 5.73 Å². The molecule has 1 aromatic carbocycles. The number of benzene rings is 1.